The van der Waals surface area contributed by atoms with E-state index in [9.17, 15) is 57.8 Å². The molecule has 1 N–H and O–H groups in total. The van der Waals surface area contributed by atoms with Gasteiger partial charge < -0.3 is 5.11 Å². The molecule has 0 spiro atoms. The quantitative estimate of drug-likeness (QED) is 0.614. The fourth-order valence-electron chi connectivity index (χ4n) is 2.83. The molecule has 1 saturated carbocycles. The summed E-state index contributed by atoms with van der Waals surface area (Å²) in [6.45, 7) is 0.430. The van der Waals surface area contributed by atoms with Crippen LogP contribution in [0, 0.1) is 5.41 Å². The Morgan fingerprint density at radius 1 is 0.654 bits per heavy atom. The van der Waals surface area contributed by atoms with Gasteiger partial charge in [0.2, 0.25) is 0 Å². The average molecular weight is 414 g/mol. The normalized spacial score (nSPS) is 31.6. The summed E-state index contributed by atoms with van der Waals surface area (Å²) in [5.41, 5.74) is -6.60. The Morgan fingerprint density at radius 3 is 1.27 bits per heavy atom. The minimum Gasteiger partial charge on any atom is -0.383 e. The Balaban J connectivity index is 3.07. The Bertz CT molecular complexity index is 454. The van der Waals surface area contributed by atoms with Gasteiger partial charge in [-0.25, -0.2) is 17.6 Å². The molecule has 1 nitrogen and oxygen atoms in total. The monoisotopic (exact) mass is 414 g/mol. The second-order valence-corrected chi connectivity index (χ2v) is 6.65. The summed E-state index contributed by atoms with van der Waals surface area (Å²) in [7, 11) is 0. The summed E-state index contributed by atoms with van der Waals surface area (Å²) in [6.07, 6.45) is -27.4. The second-order valence-electron chi connectivity index (χ2n) is 6.65. The number of hydrogen-bond donors (Lipinski definition) is 1. The van der Waals surface area contributed by atoms with E-state index in [1.807, 2.05) is 0 Å². The van der Waals surface area contributed by atoms with E-state index in [-0.39, 0.29) is 0 Å². The fourth-order valence-corrected chi connectivity index (χ4v) is 2.83. The molecule has 26 heavy (non-hydrogen) atoms. The van der Waals surface area contributed by atoms with Crippen molar-refractivity contribution in [1.29, 1.82) is 0 Å². The lowest BCUT2D eigenvalue weighted by molar-refractivity contribution is -0.315. The molecule has 0 aromatic carbocycles. The van der Waals surface area contributed by atoms with Gasteiger partial charge in [0.05, 0.1) is 0 Å². The summed E-state index contributed by atoms with van der Waals surface area (Å²) in [4.78, 5) is 0. The van der Waals surface area contributed by atoms with Gasteiger partial charge in [-0.15, -0.1) is 0 Å². The van der Waals surface area contributed by atoms with Crippen molar-refractivity contribution in [2.75, 3.05) is 0 Å². The molecule has 0 saturated heterocycles. The maximum absolute atomic E-state index is 13.9. The first-order valence-electron chi connectivity index (χ1n) is 7.12. The topological polar surface area (TPSA) is 20.2 Å². The molecule has 1 rings (SSSR count). The van der Waals surface area contributed by atoms with E-state index in [1.165, 1.54) is 0 Å². The van der Waals surface area contributed by atoms with E-state index >= 15 is 0 Å². The molecule has 1 aliphatic rings. The Hall–Kier alpha value is -0.880. The van der Waals surface area contributed by atoms with E-state index in [1.54, 1.807) is 0 Å². The average Bonchev–Trinajstić information content (AvgIpc) is 2.46. The molecule has 13 heteroatoms. The zero-order valence-corrected chi connectivity index (χ0v) is 13.0. The van der Waals surface area contributed by atoms with Gasteiger partial charge in [-0.2, -0.15) is 35.1 Å². The van der Waals surface area contributed by atoms with E-state index in [4.69, 9.17) is 0 Å². The molecule has 0 aromatic rings. The molecule has 1 aliphatic carbocycles. The van der Waals surface area contributed by atoms with Crippen molar-refractivity contribution < 1.29 is 57.8 Å². The lowest BCUT2D eigenvalue weighted by Crippen LogP contribution is -2.62. The molecule has 1 fully saturated rings. The standard InChI is InChI=1S/C13H14F12O/c1-8(10(16,17)6(14)12(20,21)22)2-4-9(26,5-3-8)11(18,19)7(15)13(23,24)25/h6-7,26H,2-5H2,1H3. The highest BCUT2D eigenvalue weighted by Gasteiger charge is 2.71. The minimum absolute atomic E-state index is 0.430. The van der Waals surface area contributed by atoms with Crippen LogP contribution in [-0.2, 0) is 0 Å². The van der Waals surface area contributed by atoms with Gasteiger partial charge in [-0.05, 0) is 25.7 Å². The van der Waals surface area contributed by atoms with Gasteiger partial charge in [-0.1, -0.05) is 6.92 Å². The van der Waals surface area contributed by atoms with Crippen molar-refractivity contribution in [1.82, 2.24) is 0 Å². The van der Waals surface area contributed by atoms with E-state index < -0.39 is 73.2 Å². The highest BCUT2D eigenvalue weighted by atomic mass is 19.4. The van der Waals surface area contributed by atoms with Crippen molar-refractivity contribution in [2.24, 2.45) is 5.41 Å². The third-order valence-corrected chi connectivity index (χ3v) is 4.82. The highest BCUT2D eigenvalue weighted by Crippen LogP contribution is 2.57. The smallest absolute Gasteiger partial charge is 0.383 e. The van der Waals surface area contributed by atoms with E-state index in [2.05, 4.69) is 0 Å². The van der Waals surface area contributed by atoms with Crippen molar-refractivity contribution in [2.45, 2.75) is 74.7 Å². The predicted octanol–water partition coefficient (Wildman–Crippen LogP) is 5.37. The number of hydrogen-bond acceptors (Lipinski definition) is 1. The Morgan fingerprint density at radius 2 is 0.962 bits per heavy atom. The lowest BCUT2D eigenvalue weighted by Gasteiger charge is -2.49. The number of rotatable bonds is 4. The van der Waals surface area contributed by atoms with E-state index in [0.29, 0.717) is 6.92 Å². The molecule has 0 bridgehead atoms. The highest BCUT2D eigenvalue weighted by molar-refractivity contribution is 5.08. The largest absolute Gasteiger partial charge is 0.425 e. The number of halogens is 12. The molecule has 0 amide bonds. The fraction of sp³-hybridized carbons (Fsp3) is 1.00. The zero-order chi connectivity index (χ0) is 21.0. The molecule has 0 aliphatic heterocycles. The summed E-state index contributed by atoms with van der Waals surface area (Å²) in [5, 5.41) is 9.68. The molecular formula is C13H14F12O. The van der Waals surface area contributed by atoms with Crippen LogP contribution in [0.25, 0.3) is 0 Å². The van der Waals surface area contributed by atoms with Crippen LogP contribution in [0.2, 0.25) is 0 Å². The van der Waals surface area contributed by atoms with Crippen molar-refractivity contribution in [3.05, 3.63) is 0 Å². The molecular weight excluding hydrogens is 400 g/mol. The minimum atomic E-state index is -6.07. The Kier molecular flexibility index (Phi) is 5.64. The first kappa shape index (κ1) is 23.2. The van der Waals surface area contributed by atoms with Gasteiger partial charge in [-0.3, -0.25) is 0 Å². The molecule has 0 heterocycles. The van der Waals surface area contributed by atoms with E-state index in [0.717, 1.165) is 0 Å². The first-order valence-corrected chi connectivity index (χ1v) is 7.12. The maximum Gasteiger partial charge on any atom is 0.425 e. The predicted molar refractivity (Wildman–Crippen MR) is 63.3 cm³/mol. The summed E-state index contributed by atoms with van der Waals surface area (Å²) >= 11 is 0. The third-order valence-electron chi connectivity index (χ3n) is 4.82. The SMILES string of the molecule is CC1(C(F)(F)C(F)C(F)(F)F)CCC(O)(C(F)(F)C(F)C(F)(F)F)CC1. The van der Waals surface area contributed by atoms with Crippen LogP contribution in [-0.4, -0.2) is 47.2 Å². The molecule has 2 atom stereocenters. The Labute approximate surface area is 139 Å². The van der Waals surface area contributed by atoms with Crippen LogP contribution in [0.1, 0.15) is 32.6 Å². The van der Waals surface area contributed by atoms with Gasteiger partial charge in [0.25, 0.3) is 18.3 Å². The maximum atomic E-state index is 13.9. The van der Waals surface area contributed by atoms with Crippen molar-refractivity contribution in [3.8, 4) is 0 Å². The van der Waals surface area contributed by atoms with Crippen LogP contribution in [0.5, 0.6) is 0 Å². The lowest BCUT2D eigenvalue weighted by atomic mass is 9.63. The number of aliphatic hydroxyl groups is 1. The van der Waals surface area contributed by atoms with Crippen LogP contribution in [0.3, 0.4) is 0 Å². The molecule has 2 unspecified atom stereocenters. The van der Waals surface area contributed by atoms with Crippen molar-refractivity contribution >= 4 is 0 Å². The third kappa shape index (κ3) is 3.72. The van der Waals surface area contributed by atoms with Gasteiger partial charge in [0.1, 0.15) is 5.60 Å². The zero-order valence-electron chi connectivity index (χ0n) is 13.0. The second kappa shape index (κ2) is 6.33. The first-order chi connectivity index (χ1) is 11.2. The molecule has 0 radical (unpaired) electrons. The summed E-state index contributed by atoms with van der Waals surface area (Å²) < 4.78 is 155. The van der Waals surface area contributed by atoms with Crippen LogP contribution >= 0.6 is 0 Å². The summed E-state index contributed by atoms with van der Waals surface area (Å²) in [6, 6.07) is 0. The van der Waals surface area contributed by atoms with Gasteiger partial charge in [0.15, 0.2) is 0 Å². The van der Waals surface area contributed by atoms with Gasteiger partial charge >= 0.3 is 18.3 Å². The molecule has 0 aromatic heterocycles. The summed E-state index contributed by atoms with van der Waals surface area (Å²) in [5.74, 6) is -10.5. The molecule has 156 valence electrons. The van der Waals surface area contributed by atoms with Crippen LogP contribution < -0.4 is 0 Å². The van der Waals surface area contributed by atoms with Crippen molar-refractivity contribution in [3.63, 3.8) is 0 Å². The van der Waals surface area contributed by atoms with Crippen LogP contribution in [0.15, 0.2) is 0 Å². The number of alkyl halides is 12. The van der Waals surface area contributed by atoms with Gasteiger partial charge in [0, 0.05) is 5.41 Å². The van der Waals surface area contributed by atoms with Crippen LogP contribution in [0.4, 0.5) is 52.7 Å².